The Hall–Kier alpha value is -5.39. The maximum Gasteiger partial charge on any atom is 0.337 e. The van der Waals surface area contributed by atoms with E-state index in [2.05, 4.69) is 40.3 Å². The number of rotatable bonds is 5. The molecule has 0 amide bonds. The molecular weight excluding hydrogens is 571 g/mol. The quantitative estimate of drug-likeness (QED) is 0.122. The van der Waals surface area contributed by atoms with Crippen molar-refractivity contribution in [3.05, 3.63) is 144 Å². The summed E-state index contributed by atoms with van der Waals surface area (Å²) < 4.78 is 32.8. The summed E-state index contributed by atoms with van der Waals surface area (Å²) in [4.78, 5) is 19.8. The van der Waals surface area contributed by atoms with Gasteiger partial charge in [-0.25, -0.2) is 4.79 Å². The van der Waals surface area contributed by atoms with Crippen LogP contribution in [0, 0.1) is 0 Å². The molecule has 0 spiro atoms. The second-order valence-electron chi connectivity index (χ2n) is 10.7. The van der Waals surface area contributed by atoms with Gasteiger partial charge < -0.3 is 19.0 Å². The Morgan fingerprint density at radius 2 is 1.39 bits per heavy atom. The summed E-state index contributed by atoms with van der Waals surface area (Å²) in [6.45, 7) is 0. The Morgan fingerprint density at radius 1 is 0.750 bits per heavy atom. The first-order valence-corrected chi connectivity index (χ1v) is 15.5. The van der Waals surface area contributed by atoms with Crippen molar-refractivity contribution < 1.29 is 23.4 Å². The lowest BCUT2D eigenvalue weighted by atomic mass is 9.79. The maximum absolute atomic E-state index is 15.2. The zero-order chi connectivity index (χ0) is 29.8. The molecule has 1 N–H and O–H groups in total. The molecule has 0 saturated carbocycles. The van der Waals surface area contributed by atoms with Crippen LogP contribution in [0.5, 0.6) is 17.5 Å². The van der Waals surface area contributed by atoms with Crippen LogP contribution in [0.15, 0.2) is 121 Å². The van der Waals surface area contributed by atoms with Crippen molar-refractivity contribution in [3.63, 3.8) is 0 Å². The van der Waals surface area contributed by atoms with Gasteiger partial charge in [-0.1, -0.05) is 78.9 Å². The fourth-order valence-corrected chi connectivity index (χ4v) is 8.06. The molecule has 44 heavy (non-hydrogen) atoms. The van der Waals surface area contributed by atoms with Gasteiger partial charge in [0.05, 0.1) is 23.7 Å². The standard InChI is InChI=1S/C36H25N2O5P/c1-41-34(39)25-17-18-30-31(21-25)38-35(37-30)43-44(40)36(28-12-4-6-15-32(28)42-33-16-7-5-13-29(33)36)27-14-8-11-24-19-22-9-2-3-10-23(22)20-26(24)27/h2-21,44H,1H3,(H,37,38). The molecule has 0 fully saturated rings. The molecule has 8 rings (SSSR count). The largest absolute Gasteiger partial charge is 0.465 e. The van der Waals surface area contributed by atoms with Crippen LogP contribution in [-0.2, 0) is 14.5 Å². The van der Waals surface area contributed by atoms with Crippen LogP contribution in [0.2, 0.25) is 0 Å². The average molecular weight is 597 g/mol. The highest BCUT2D eigenvalue weighted by Gasteiger charge is 2.51. The van der Waals surface area contributed by atoms with Gasteiger partial charge in [0.1, 0.15) is 16.7 Å². The zero-order valence-corrected chi connectivity index (χ0v) is 24.5. The van der Waals surface area contributed by atoms with E-state index in [-0.39, 0.29) is 6.01 Å². The molecule has 6 aromatic carbocycles. The van der Waals surface area contributed by atoms with Gasteiger partial charge in [-0.2, -0.15) is 4.98 Å². The molecule has 7 nitrogen and oxygen atoms in total. The summed E-state index contributed by atoms with van der Waals surface area (Å²) in [5.41, 5.74) is 3.83. The third-order valence-electron chi connectivity index (χ3n) is 8.33. The van der Waals surface area contributed by atoms with Crippen LogP contribution in [0.3, 0.4) is 0 Å². The molecule has 1 aliphatic rings. The van der Waals surface area contributed by atoms with Crippen molar-refractivity contribution in [2.24, 2.45) is 0 Å². The SMILES string of the molecule is COC(=O)c1ccc2[nH]c(O[PH](=O)C3(c4cccc5cc6ccccc6cc45)c4ccccc4Oc4ccccc43)nc2c1. The molecule has 0 saturated heterocycles. The zero-order valence-electron chi connectivity index (χ0n) is 23.5. The Kier molecular flexibility index (Phi) is 6.03. The van der Waals surface area contributed by atoms with Gasteiger partial charge in [0.25, 0.3) is 14.0 Å². The summed E-state index contributed by atoms with van der Waals surface area (Å²) >= 11 is 0. The third-order valence-corrected chi connectivity index (χ3v) is 10.1. The smallest absolute Gasteiger partial charge is 0.337 e. The number of hydrogen-bond acceptors (Lipinski definition) is 6. The number of imidazole rings is 1. The van der Waals surface area contributed by atoms with E-state index in [9.17, 15) is 4.79 Å². The summed E-state index contributed by atoms with van der Waals surface area (Å²) in [7, 11) is -1.78. The Balaban J connectivity index is 1.39. The first-order valence-electron chi connectivity index (χ1n) is 14.2. The van der Waals surface area contributed by atoms with Crippen LogP contribution in [0.1, 0.15) is 27.0 Å². The molecule has 1 aromatic heterocycles. The number of aromatic nitrogens is 2. The molecule has 1 unspecified atom stereocenters. The Bertz CT molecular complexity index is 2250. The van der Waals surface area contributed by atoms with Crippen molar-refractivity contribution in [1.82, 2.24) is 9.97 Å². The number of carbonyl (C=O) groups excluding carboxylic acids is 1. The molecule has 1 aliphatic heterocycles. The monoisotopic (exact) mass is 596 g/mol. The van der Waals surface area contributed by atoms with Crippen LogP contribution < -0.4 is 9.26 Å². The Labute approximate surface area is 252 Å². The number of nitrogens with one attached hydrogen (secondary N) is 1. The van der Waals surface area contributed by atoms with E-state index in [4.69, 9.17) is 14.0 Å². The normalized spacial score (nSPS) is 14.0. The van der Waals surface area contributed by atoms with E-state index >= 15 is 4.57 Å². The molecule has 2 heterocycles. The molecule has 214 valence electrons. The van der Waals surface area contributed by atoms with E-state index in [0.29, 0.717) is 28.1 Å². The van der Waals surface area contributed by atoms with Gasteiger partial charge in [-0.05, 0) is 69.6 Å². The van der Waals surface area contributed by atoms with Gasteiger partial charge in [0.2, 0.25) is 0 Å². The number of para-hydroxylation sites is 2. The topological polar surface area (TPSA) is 90.5 Å². The van der Waals surface area contributed by atoms with E-state index in [1.165, 1.54) is 7.11 Å². The number of benzene rings is 6. The average Bonchev–Trinajstić information content (AvgIpc) is 3.47. The van der Waals surface area contributed by atoms with Crippen LogP contribution >= 0.6 is 8.03 Å². The van der Waals surface area contributed by atoms with Crippen LogP contribution in [0.25, 0.3) is 32.6 Å². The predicted octanol–water partition coefficient (Wildman–Crippen LogP) is 8.61. The third kappa shape index (κ3) is 3.94. The highest BCUT2D eigenvalue weighted by molar-refractivity contribution is 7.42. The minimum Gasteiger partial charge on any atom is -0.465 e. The number of hydrogen-bond donors (Lipinski definition) is 1. The maximum atomic E-state index is 15.2. The van der Waals surface area contributed by atoms with E-state index in [0.717, 1.165) is 38.2 Å². The summed E-state index contributed by atoms with van der Waals surface area (Å²) in [6, 6.07) is 39.1. The van der Waals surface area contributed by atoms with E-state index < -0.39 is 19.2 Å². The van der Waals surface area contributed by atoms with Gasteiger partial charge in [-0.3, -0.25) is 4.57 Å². The number of esters is 1. The molecule has 1 atom stereocenters. The molecule has 8 heteroatoms. The highest BCUT2D eigenvalue weighted by Crippen LogP contribution is 2.64. The number of methoxy groups -OCH3 is 1. The number of nitrogens with zero attached hydrogens (tertiary/aromatic N) is 1. The second kappa shape index (κ2) is 10.1. The van der Waals surface area contributed by atoms with Crippen LogP contribution in [0.4, 0.5) is 0 Å². The lowest BCUT2D eigenvalue weighted by Crippen LogP contribution is -2.31. The number of carbonyl (C=O) groups is 1. The number of aromatic amines is 1. The van der Waals surface area contributed by atoms with E-state index in [1.807, 2.05) is 72.8 Å². The number of H-pyrrole nitrogens is 1. The predicted molar refractivity (Wildman–Crippen MR) is 171 cm³/mol. The first-order chi connectivity index (χ1) is 21.6. The minimum absolute atomic E-state index is 0.0948. The summed E-state index contributed by atoms with van der Waals surface area (Å²) in [5.74, 6) is 0.750. The van der Waals surface area contributed by atoms with Crippen molar-refractivity contribution >= 4 is 46.6 Å². The van der Waals surface area contributed by atoms with Crippen molar-refractivity contribution in [2.45, 2.75) is 5.16 Å². The molecule has 0 radical (unpaired) electrons. The van der Waals surface area contributed by atoms with Gasteiger partial charge >= 0.3 is 5.97 Å². The summed E-state index contributed by atoms with van der Waals surface area (Å²) in [6.07, 6.45) is 0. The van der Waals surface area contributed by atoms with Crippen molar-refractivity contribution in [1.29, 1.82) is 0 Å². The highest BCUT2D eigenvalue weighted by atomic mass is 31.1. The van der Waals surface area contributed by atoms with Gasteiger partial charge in [0.15, 0.2) is 0 Å². The van der Waals surface area contributed by atoms with Crippen molar-refractivity contribution in [3.8, 4) is 17.5 Å². The molecular formula is C36H25N2O5P. The van der Waals surface area contributed by atoms with Gasteiger partial charge in [-0.15, -0.1) is 0 Å². The van der Waals surface area contributed by atoms with Crippen LogP contribution in [-0.4, -0.2) is 23.0 Å². The molecule has 7 aromatic rings. The fraction of sp³-hybridized carbons (Fsp3) is 0.0556. The lowest BCUT2D eigenvalue weighted by Gasteiger charge is -2.39. The fourth-order valence-electron chi connectivity index (χ4n) is 6.35. The first kappa shape index (κ1) is 26.3. The number of fused-ring (bicyclic) bond motifs is 5. The molecule has 0 bridgehead atoms. The molecule has 0 aliphatic carbocycles. The van der Waals surface area contributed by atoms with Gasteiger partial charge in [0, 0.05) is 11.1 Å². The summed E-state index contributed by atoms with van der Waals surface area (Å²) in [5, 5.41) is 2.96. The van der Waals surface area contributed by atoms with E-state index in [1.54, 1.807) is 18.2 Å². The van der Waals surface area contributed by atoms with Crippen molar-refractivity contribution in [2.75, 3.05) is 7.11 Å². The minimum atomic E-state index is -3.11. The lowest BCUT2D eigenvalue weighted by molar-refractivity contribution is 0.0601. The second-order valence-corrected chi connectivity index (χ2v) is 12.3. The Morgan fingerprint density at radius 3 is 2.11 bits per heavy atom. The number of ether oxygens (including phenoxy) is 2.